The van der Waals surface area contributed by atoms with Crippen LogP contribution < -0.4 is 0 Å². The van der Waals surface area contributed by atoms with Crippen LogP contribution in [-0.4, -0.2) is 48.9 Å². The highest BCUT2D eigenvalue weighted by Gasteiger charge is 2.30. The molecule has 29 heavy (non-hydrogen) atoms. The van der Waals surface area contributed by atoms with Crippen LogP contribution in [0, 0.1) is 5.92 Å². The van der Waals surface area contributed by atoms with Crippen molar-refractivity contribution in [2.75, 3.05) is 21.3 Å². The molecule has 2 heterocycles. The van der Waals surface area contributed by atoms with E-state index in [1.807, 2.05) is 24.3 Å². The van der Waals surface area contributed by atoms with Gasteiger partial charge in [-0.25, -0.2) is 9.59 Å². The Morgan fingerprint density at radius 1 is 1.14 bits per heavy atom. The number of hydrogen-bond donors (Lipinski definition) is 1. The highest BCUT2D eigenvalue weighted by molar-refractivity contribution is 6.01. The molecular formula is C22H22N2O5. The zero-order valence-corrected chi connectivity index (χ0v) is 16.5. The van der Waals surface area contributed by atoms with E-state index >= 15 is 0 Å². The summed E-state index contributed by atoms with van der Waals surface area (Å²) in [6, 6.07) is 9.40. The number of carbonyl (C=O) groups excluding carboxylic acids is 3. The van der Waals surface area contributed by atoms with Crippen LogP contribution in [0.4, 0.5) is 0 Å². The Kier molecular flexibility index (Phi) is 5.97. The largest absolute Gasteiger partial charge is 0.466 e. The van der Waals surface area contributed by atoms with Gasteiger partial charge in [0, 0.05) is 48.8 Å². The summed E-state index contributed by atoms with van der Waals surface area (Å²) in [4.78, 5) is 41.7. The lowest BCUT2D eigenvalue weighted by atomic mass is 9.84. The molecule has 150 valence electrons. The molecular weight excluding hydrogens is 372 g/mol. The molecule has 1 aliphatic heterocycles. The molecule has 0 radical (unpaired) electrons. The van der Waals surface area contributed by atoms with E-state index < -0.39 is 17.9 Å². The maximum absolute atomic E-state index is 13.0. The smallest absolute Gasteiger partial charge is 0.335 e. The van der Waals surface area contributed by atoms with Crippen LogP contribution in [0.25, 0.3) is 10.9 Å². The van der Waals surface area contributed by atoms with E-state index in [1.165, 1.54) is 20.3 Å². The third kappa shape index (κ3) is 4.45. The van der Waals surface area contributed by atoms with Crippen LogP contribution in [0.2, 0.25) is 0 Å². The van der Waals surface area contributed by atoms with Gasteiger partial charge in [-0.15, -0.1) is 0 Å². The number of hydrogen-bond acceptors (Lipinski definition) is 6. The molecule has 0 fully saturated rings. The second-order valence-corrected chi connectivity index (χ2v) is 6.68. The molecule has 1 atom stereocenters. The first-order chi connectivity index (χ1) is 13.9. The first kappa shape index (κ1) is 20.1. The molecule has 0 aliphatic carbocycles. The van der Waals surface area contributed by atoms with E-state index in [4.69, 9.17) is 4.74 Å². The van der Waals surface area contributed by atoms with Gasteiger partial charge in [0.15, 0.2) is 5.78 Å². The number of para-hydroxylation sites is 1. The molecule has 0 spiro atoms. The topological polar surface area (TPSA) is 88.7 Å². The van der Waals surface area contributed by atoms with Gasteiger partial charge in [-0.2, -0.15) is 0 Å². The minimum absolute atomic E-state index is 0.0406. The summed E-state index contributed by atoms with van der Waals surface area (Å²) in [7, 11) is 4.33. The molecule has 0 bridgehead atoms. The van der Waals surface area contributed by atoms with Gasteiger partial charge in [0.25, 0.3) is 0 Å². The number of benzene rings is 1. The number of aromatic amines is 1. The Labute approximate surface area is 168 Å². The van der Waals surface area contributed by atoms with Crippen molar-refractivity contribution in [2.45, 2.75) is 6.42 Å². The minimum atomic E-state index is -0.557. The Morgan fingerprint density at radius 3 is 2.59 bits per heavy atom. The summed E-state index contributed by atoms with van der Waals surface area (Å²) < 4.78 is 9.54. The molecule has 1 aliphatic rings. The number of nitrogens with one attached hydrogen (secondary N) is 1. The number of Topliss-reactive ketones (excluding diaryl/α,β-unsaturated/α-hetero) is 1. The number of methoxy groups -OCH3 is 2. The average molecular weight is 394 g/mol. The molecule has 2 aromatic rings. The number of ether oxygens (including phenoxy) is 2. The molecule has 1 N–H and O–H groups in total. The standard InChI is InChI=1S/C22H22N2O5/c1-24-12-15(8-9-21(26)28-2)16(17(13-24)22(27)29-3)11-20(25)19-10-14-6-4-5-7-18(14)23-19/h4-10,12-13,16,23H,11H2,1-3H3/b9-8-. The number of fused-ring (bicyclic) bond motifs is 1. The normalized spacial score (nSPS) is 16.5. The summed E-state index contributed by atoms with van der Waals surface area (Å²) in [5.41, 5.74) is 2.30. The molecule has 7 heteroatoms. The second kappa shape index (κ2) is 8.60. The van der Waals surface area contributed by atoms with Gasteiger partial charge in [-0.05, 0) is 23.8 Å². The SMILES string of the molecule is COC(=O)/C=C\C1=CN(C)C=C(C(=O)OC)C1CC(=O)c1cc2ccccc2[nH]1. The summed E-state index contributed by atoms with van der Waals surface area (Å²) in [6.07, 6.45) is 6.25. The van der Waals surface area contributed by atoms with E-state index in [2.05, 4.69) is 9.72 Å². The zero-order valence-electron chi connectivity index (χ0n) is 16.5. The molecule has 3 rings (SSSR count). The Hall–Kier alpha value is -3.61. The summed E-state index contributed by atoms with van der Waals surface area (Å²) in [6.45, 7) is 0. The predicted molar refractivity (Wildman–Crippen MR) is 108 cm³/mol. The quantitative estimate of drug-likeness (QED) is 0.460. The fourth-order valence-electron chi connectivity index (χ4n) is 3.30. The lowest BCUT2D eigenvalue weighted by Crippen LogP contribution is -2.26. The van der Waals surface area contributed by atoms with Gasteiger partial charge in [0.1, 0.15) is 0 Å². The average Bonchev–Trinajstić information content (AvgIpc) is 3.17. The van der Waals surface area contributed by atoms with Crippen molar-refractivity contribution in [1.82, 2.24) is 9.88 Å². The Bertz CT molecular complexity index is 1010. The van der Waals surface area contributed by atoms with E-state index in [-0.39, 0.29) is 12.2 Å². The van der Waals surface area contributed by atoms with Crippen molar-refractivity contribution in [3.63, 3.8) is 0 Å². The summed E-state index contributed by atoms with van der Waals surface area (Å²) in [5, 5.41) is 0.935. The van der Waals surface area contributed by atoms with Gasteiger partial charge < -0.3 is 19.4 Å². The van der Waals surface area contributed by atoms with Crippen molar-refractivity contribution in [3.05, 3.63) is 71.7 Å². The van der Waals surface area contributed by atoms with Gasteiger partial charge >= 0.3 is 11.9 Å². The fourth-order valence-corrected chi connectivity index (χ4v) is 3.30. The number of H-pyrrole nitrogens is 1. The number of aromatic nitrogens is 1. The maximum Gasteiger partial charge on any atom is 0.335 e. The van der Waals surface area contributed by atoms with Crippen molar-refractivity contribution < 1.29 is 23.9 Å². The highest BCUT2D eigenvalue weighted by atomic mass is 16.5. The van der Waals surface area contributed by atoms with Crippen LogP contribution in [0.3, 0.4) is 0 Å². The minimum Gasteiger partial charge on any atom is -0.466 e. The predicted octanol–water partition coefficient (Wildman–Crippen LogP) is 2.97. The number of rotatable bonds is 6. The van der Waals surface area contributed by atoms with E-state index in [0.717, 1.165) is 10.9 Å². The van der Waals surface area contributed by atoms with E-state index in [1.54, 1.807) is 36.5 Å². The number of carbonyl (C=O) groups is 3. The van der Waals surface area contributed by atoms with Gasteiger partial charge in [-0.3, -0.25) is 4.79 Å². The molecule has 0 amide bonds. The van der Waals surface area contributed by atoms with Crippen molar-refractivity contribution in [1.29, 1.82) is 0 Å². The molecule has 1 aromatic heterocycles. The van der Waals surface area contributed by atoms with Crippen molar-refractivity contribution >= 4 is 28.6 Å². The van der Waals surface area contributed by atoms with Crippen LogP contribution in [-0.2, 0) is 19.1 Å². The first-order valence-electron chi connectivity index (χ1n) is 9.03. The molecule has 0 saturated heterocycles. The van der Waals surface area contributed by atoms with Crippen LogP contribution in [0.15, 0.2) is 66.0 Å². The van der Waals surface area contributed by atoms with Crippen LogP contribution >= 0.6 is 0 Å². The monoisotopic (exact) mass is 394 g/mol. The summed E-state index contributed by atoms with van der Waals surface area (Å²) >= 11 is 0. The third-order valence-corrected chi connectivity index (χ3v) is 4.73. The first-order valence-corrected chi connectivity index (χ1v) is 9.03. The lowest BCUT2D eigenvalue weighted by molar-refractivity contribution is -0.137. The van der Waals surface area contributed by atoms with Gasteiger partial charge in [-0.1, -0.05) is 18.2 Å². The van der Waals surface area contributed by atoms with Crippen molar-refractivity contribution in [3.8, 4) is 0 Å². The second-order valence-electron chi connectivity index (χ2n) is 6.68. The lowest BCUT2D eigenvalue weighted by Gasteiger charge is -2.27. The van der Waals surface area contributed by atoms with E-state index in [0.29, 0.717) is 16.8 Å². The third-order valence-electron chi connectivity index (χ3n) is 4.73. The highest BCUT2D eigenvalue weighted by Crippen LogP contribution is 2.32. The van der Waals surface area contributed by atoms with Gasteiger partial charge in [0.05, 0.1) is 25.5 Å². The van der Waals surface area contributed by atoms with Crippen LogP contribution in [0.5, 0.6) is 0 Å². The van der Waals surface area contributed by atoms with Crippen LogP contribution in [0.1, 0.15) is 16.9 Å². The molecule has 1 unspecified atom stereocenters. The molecule has 0 saturated carbocycles. The summed E-state index contributed by atoms with van der Waals surface area (Å²) in [5.74, 6) is -1.76. The fraction of sp³-hybridized carbons (Fsp3) is 0.227. The number of esters is 2. The number of ketones is 1. The number of nitrogens with zero attached hydrogens (tertiary/aromatic N) is 1. The van der Waals surface area contributed by atoms with E-state index in [9.17, 15) is 14.4 Å². The van der Waals surface area contributed by atoms with Crippen molar-refractivity contribution in [2.24, 2.45) is 5.92 Å². The maximum atomic E-state index is 13.0. The molecule has 1 aromatic carbocycles. The van der Waals surface area contributed by atoms with Gasteiger partial charge in [0.2, 0.25) is 0 Å². The Balaban J connectivity index is 1.93. The number of allylic oxidation sites excluding steroid dienone is 2. The zero-order chi connectivity index (χ0) is 21.0. The Morgan fingerprint density at radius 2 is 1.90 bits per heavy atom. The molecule has 7 nitrogen and oxygen atoms in total.